The van der Waals surface area contributed by atoms with E-state index in [1.807, 2.05) is 30.3 Å². The van der Waals surface area contributed by atoms with Crippen LogP contribution >= 0.6 is 0 Å². The number of hydroxylamine groups is 2. The molecular weight excluding hydrogens is 328 g/mol. The van der Waals surface area contributed by atoms with Crippen LogP contribution in [0, 0.1) is 0 Å². The Hall–Kier alpha value is -2.45. The van der Waals surface area contributed by atoms with Gasteiger partial charge in [-0.1, -0.05) is 30.3 Å². The van der Waals surface area contributed by atoms with Gasteiger partial charge in [0, 0.05) is 18.9 Å². The number of benzene rings is 1. The van der Waals surface area contributed by atoms with Crippen LogP contribution in [0.4, 0.5) is 0 Å². The number of hydrogen-bond acceptors (Lipinski definition) is 5. The molecule has 138 valence electrons. The predicted molar refractivity (Wildman–Crippen MR) is 89.3 cm³/mol. The molecule has 0 saturated carbocycles. The Morgan fingerprint density at radius 2 is 1.84 bits per heavy atom. The molecule has 0 aliphatic rings. The summed E-state index contributed by atoms with van der Waals surface area (Å²) in [6, 6.07) is 7.60. The minimum absolute atomic E-state index is 0.192. The minimum Gasteiger partial charge on any atom is -0.481 e. The van der Waals surface area contributed by atoms with E-state index in [1.165, 1.54) is 7.11 Å². The largest absolute Gasteiger partial charge is 0.481 e. The highest BCUT2D eigenvalue weighted by molar-refractivity contribution is 5.88. The van der Waals surface area contributed by atoms with E-state index in [1.54, 1.807) is 6.92 Å². The van der Waals surface area contributed by atoms with Crippen LogP contribution in [0.5, 0.6) is 0 Å². The van der Waals surface area contributed by atoms with Crippen molar-refractivity contribution in [2.75, 3.05) is 13.7 Å². The van der Waals surface area contributed by atoms with Crippen LogP contribution in [0.15, 0.2) is 30.3 Å². The molecule has 1 rings (SSSR count). The average Bonchev–Trinajstić information content (AvgIpc) is 2.60. The van der Waals surface area contributed by atoms with Crippen molar-refractivity contribution in [1.82, 2.24) is 10.4 Å². The first kappa shape index (κ1) is 20.6. The van der Waals surface area contributed by atoms with Crippen LogP contribution in [-0.4, -0.2) is 58.9 Å². The van der Waals surface area contributed by atoms with Crippen LogP contribution in [0.1, 0.15) is 25.3 Å². The van der Waals surface area contributed by atoms with Crippen molar-refractivity contribution in [2.45, 2.75) is 38.3 Å². The van der Waals surface area contributed by atoms with Gasteiger partial charge in [-0.25, -0.2) is 5.06 Å². The summed E-state index contributed by atoms with van der Waals surface area (Å²) in [6.07, 6.45) is -0.444. The van der Waals surface area contributed by atoms with Crippen molar-refractivity contribution in [3.05, 3.63) is 35.9 Å². The van der Waals surface area contributed by atoms with Crippen LogP contribution in [0.3, 0.4) is 0 Å². The Kier molecular flexibility index (Phi) is 8.59. The molecule has 2 atom stereocenters. The van der Waals surface area contributed by atoms with Gasteiger partial charge in [-0.15, -0.1) is 0 Å². The number of amides is 2. The summed E-state index contributed by atoms with van der Waals surface area (Å²) in [5.74, 6) is -2.20. The zero-order chi connectivity index (χ0) is 18.8. The topological polar surface area (TPSA) is 116 Å². The fourth-order valence-corrected chi connectivity index (χ4v) is 2.23. The van der Waals surface area contributed by atoms with E-state index in [2.05, 4.69) is 5.32 Å². The van der Waals surface area contributed by atoms with Crippen molar-refractivity contribution in [3.63, 3.8) is 0 Å². The fraction of sp³-hybridized carbons (Fsp3) is 0.471. The molecule has 1 aromatic carbocycles. The number of aliphatic hydroxyl groups excluding tert-OH is 1. The molecule has 0 radical (unpaired) electrons. The summed E-state index contributed by atoms with van der Waals surface area (Å²) in [5.41, 5.74) is 0.812. The second-order valence-electron chi connectivity index (χ2n) is 5.59. The Bertz CT molecular complexity index is 578. The number of carboxylic acid groups (broad SMARTS) is 1. The number of hydrogen-bond donors (Lipinski definition) is 3. The third-order valence-corrected chi connectivity index (χ3v) is 3.52. The summed E-state index contributed by atoms with van der Waals surface area (Å²) in [4.78, 5) is 40.6. The molecule has 0 aromatic heterocycles. The van der Waals surface area contributed by atoms with Gasteiger partial charge < -0.3 is 15.5 Å². The number of nitrogens with zero attached hydrogens (tertiary/aromatic N) is 1. The van der Waals surface area contributed by atoms with E-state index in [4.69, 9.17) is 15.1 Å². The molecule has 25 heavy (non-hydrogen) atoms. The molecular formula is C17H24N2O6. The molecule has 0 bridgehead atoms. The van der Waals surface area contributed by atoms with Crippen LogP contribution in [0.2, 0.25) is 0 Å². The maximum Gasteiger partial charge on any atom is 0.303 e. The minimum atomic E-state index is -1.11. The van der Waals surface area contributed by atoms with Crippen LogP contribution < -0.4 is 5.32 Å². The summed E-state index contributed by atoms with van der Waals surface area (Å²) < 4.78 is 0. The number of carbonyl (C=O) groups excluding carboxylic acids is 2. The van der Waals surface area contributed by atoms with E-state index < -0.39 is 29.9 Å². The first-order chi connectivity index (χ1) is 11.9. The Balaban J connectivity index is 2.98. The molecule has 8 heteroatoms. The van der Waals surface area contributed by atoms with Gasteiger partial charge in [0.1, 0.15) is 6.04 Å². The number of carbonyl (C=O) groups is 3. The molecule has 0 saturated heterocycles. The zero-order valence-electron chi connectivity index (χ0n) is 14.3. The monoisotopic (exact) mass is 352 g/mol. The Morgan fingerprint density at radius 3 is 2.36 bits per heavy atom. The van der Waals surface area contributed by atoms with E-state index in [-0.39, 0.29) is 25.9 Å². The van der Waals surface area contributed by atoms with Crippen molar-refractivity contribution >= 4 is 17.8 Å². The number of aliphatic hydroxyl groups is 1. The lowest BCUT2D eigenvalue weighted by Gasteiger charge is -2.29. The lowest BCUT2D eigenvalue weighted by atomic mass is 10.0. The molecule has 8 nitrogen and oxygen atoms in total. The highest BCUT2D eigenvalue weighted by atomic mass is 16.7. The smallest absolute Gasteiger partial charge is 0.303 e. The number of aliphatic carboxylic acids is 1. The van der Waals surface area contributed by atoms with Gasteiger partial charge in [0.2, 0.25) is 11.8 Å². The molecule has 0 heterocycles. The Morgan fingerprint density at radius 1 is 1.20 bits per heavy atom. The normalized spacial score (nSPS) is 12.9. The van der Waals surface area contributed by atoms with Crippen LogP contribution in [-0.2, 0) is 25.6 Å². The molecule has 0 aliphatic carbocycles. The molecule has 0 spiro atoms. The van der Waals surface area contributed by atoms with Crippen LogP contribution in [0.25, 0.3) is 0 Å². The summed E-state index contributed by atoms with van der Waals surface area (Å²) in [5, 5.41) is 21.3. The number of rotatable bonds is 10. The van der Waals surface area contributed by atoms with Crippen molar-refractivity contribution in [3.8, 4) is 0 Å². The second-order valence-corrected chi connectivity index (χ2v) is 5.59. The lowest BCUT2D eigenvalue weighted by Crippen LogP contribution is -2.52. The van der Waals surface area contributed by atoms with E-state index in [0.29, 0.717) is 0 Å². The first-order valence-electron chi connectivity index (χ1n) is 7.92. The van der Waals surface area contributed by atoms with Gasteiger partial charge >= 0.3 is 5.97 Å². The predicted octanol–water partition coefficient (Wildman–Crippen LogP) is 0.349. The molecule has 0 aliphatic heterocycles. The van der Waals surface area contributed by atoms with Gasteiger partial charge in [-0.2, -0.15) is 0 Å². The quantitative estimate of drug-likeness (QED) is 0.523. The van der Waals surface area contributed by atoms with Crippen molar-refractivity contribution in [1.29, 1.82) is 0 Å². The third kappa shape index (κ3) is 6.90. The highest BCUT2D eigenvalue weighted by Crippen LogP contribution is 2.12. The van der Waals surface area contributed by atoms with E-state index in [9.17, 15) is 14.4 Å². The summed E-state index contributed by atoms with van der Waals surface area (Å²) in [7, 11) is 1.25. The van der Waals surface area contributed by atoms with Gasteiger partial charge in [-0.05, 0) is 12.5 Å². The molecule has 0 unspecified atom stereocenters. The standard InChI is InChI=1S/C17H24N2O6/c1-12(11-20)18-17(24)14(10-13-6-4-3-5-7-13)19(25-2)15(21)8-9-16(22)23/h3-7,12,14,20H,8-11H2,1-2H3,(H,18,24)(H,22,23)/t12-,14-/m0/s1. The third-order valence-electron chi connectivity index (χ3n) is 3.52. The van der Waals surface area contributed by atoms with Gasteiger partial charge in [0.25, 0.3) is 0 Å². The first-order valence-corrected chi connectivity index (χ1v) is 7.92. The van der Waals surface area contributed by atoms with Gasteiger partial charge in [0.15, 0.2) is 0 Å². The summed E-state index contributed by atoms with van der Waals surface area (Å²) in [6.45, 7) is 1.38. The van der Waals surface area contributed by atoms with Crippen molar-refractivity contribution in [2.24, 2.45) is 0 Å². The van der Waals surface area contributed by atoms with Gasteiger partial charge in [0.05, 0.1) is 20.1 Å². The van der Waals surface area contributed by atoms with E-state index in [0.717, 1.165) is 10.6 Å². The van der Waals surface area contributed by atoms with E-state index >= 15 is 0 Å². The number of carboxylic acids is 1. The molecule has 3 N–H and O–H groups in total. The Labute approximate surface area is 146 Å². The fourth-order valence-electron chi connectivity index (χ4n) is 2.23. The highest BCUT2D eigenvalue weighted by Gasteiger charge is 2.31. The average molecular weight is 352 g/mol. The lowest BCUT2D eigenvalue weighted by molar-refractivity contribution is -0.192. The molecule has 1 aromatic rings. The SMILES string of the molecule is CON(C(=O)CCC(=O)O)[C@@H](Cc1ccccc1)C(=O)N[C@@H](C)CO. The zero-order valence-corrected chi connectivity index (χ0v) is 14.3. The molecule has 2 amide bonds. The number of nitrogens with one attached hydrogen (secondary N) is 1. The maximum absolute atomic E-state index is 12.5. The van der Waals surface area contributed by atoms with Crippen molar-refractivity contribution < 1.29 is 29.4 Å². The maximum atomic E-state index is 12.5. The summed E-state index contributed by atoms with van der Waals surface area (Å²) >= 11 is 0. The second kappa shape index (κ2) is 10.4. The molecule has 0 fully saturated rings. The van der Waals surface area contributed by atoms with Gasteiger partial charge in [-0.3, -0.25) is 19.2 Å².